The average molecular weight is 580 g/mol. The fraction of sp³-hybridized carbons (Fsp3) is 0.857. The van der Waals surface area contributed by atoms with Gasteiger partial charge >= 0.3 is 11.9 Å². The summed E-state index contributed by atoms with van der Waals surface area (Å²) in [5.74, 6) is -0.426. The first-order valence-electron chi connectivity index (χ1n) is 17.2. The van der Waals surface area contributed by atoms with Gasteiger partial charge in [0.1, 0.15) is 12.7 Å². The fourth-order valence-corrected chi connectivity index (χ4v) is 4.98. The van der Waals surface area contributed by atoms with Gasteiger partial charge in [0.05, 0.1) is 0 Å². The summed E-state index contributed by atoms with van der Waals surface area (Å²) < 4.78 is 11.2. The van der Waals surface area contributed by atoms with E-state index in [1.165, 1.54) is 90.4 Å². The highest BCUT2D eigenvalue weighted by atomic mass is 16.5. The third-order valence-corrected chi connectivity index (χ3v) is 7.60. The second kappa shape index (κ2) is 29.6. The number of rotatable bonds is 29. The molecule has 0 aromatic carbocycles. The zero-order valence-corrected chi connectivity index (χ0v) is 27.4. The molecular formula is C35H65NO5. The molecule has 1 atom stereocenters. The van der Waals surface area contributed by atoms with Crippen LogP contribution in [0.1, 0.15) is 169 Å². The third kappa shape index (κ3) is 26.8. The monoisotopic (exact) mass is 579 g/mol. The Kier molecular flexibility index (Phi) is 28.3. The van der Waals surface area contributed by atoms with Gasteiger partial charge in [0.25, 0.3) is 0 Å². The van der Waals surface area contributed by atoms with E-state index in [4.69, 9.17) is 9.47 Å². The first-order valence-corrected chi connectivity index (χ1v) is 17.2. The molecule has 0 fully saturated rings. The third-order valence-electron chi connectivity index (χ3n) is 7.60. The molecule has 240 valence electrons. The molecule has 6 heteroatoms. The molecule has 0 bridgehead atoms. The number of hydrogen-bond donors (Lipinski definition) is 0. The average Bonchev–Trinajstić information content (AvgIpc) is 2.95. The van der Waals surface area contributed by atoms with Crippen molar-refractivity contribution in [2.24, 2.45) is 0 Å². The van der Waals surface area contributed by atoms with Crippen LogP contribution in [0.3, 0.4) is 0 Å². The van der Waals surface area contributed by atoms with E-state index in [0.717, 1.165) is 32.1 Å². The van der Waals surface area contributed by atoms with Gasteiger partial charge in [0.15, 0.2) is 0 Å². The molecule has 0 aliphatic carbocycles. The van der Waals surface area contributed by atoms with Crippen molar-refractivity contribution in [2.45, 2.75) is 175 Å². The number of hydrogen-bond acceptors (Lipinski definition) is 5. The predicted molar refractivity (Wildman–Crippen MR) is 171 cm³/mol. The highest BCUT2D eigenvalue weighted by Gasteiger charge is 2.16. The summed E-state index contributed by atoms with van der Waals surface area (Å²) in [7, 11) is 0. The van der Waals surface area contributed by atoms with E-state index in [0.29, 0.717) is 39.0 Å². The number of amides is 1. The van der Waals surface area contributed by atoms with Crippen LogP contribution in [0.5, 0.6) is 0 Å². The molecule has 41 heavy (non-hydrogen) atoms. The lowest BCUT2D eigenvalue weighted by atomic mass is 10.0. The Morgan fingerprint density at radius 3 is 1.63 bits per heavy atom. The Labute approximate surface area is 253 Å². The minimum Gasteiger partial charge on any atom is -0.462 e. The molecule has 0 N–H and O–H groups in total. The summed E-state index contributed by atoms with van der Waals surface area (Å²) in [5.41, 5.74) is 0. The van der Waals surface area contributed by atoms with Crippen molar-refractivity contribution in [2.75, 3.05) is 19.7 Å². The number of ether oxygens (including phenoxy) is 2. The van der Waals surface area contributed by atoms with E-state index in [9.17, 15) is 14.4 Å². The summed E-state index contributed by atoms with van der Waals surface area (Å²) >= 11 is 0. The fourth-order valence-electron chi connectivity index (χ4n) is 4.98. The van der Waals surface area contributed by atoms with Crippen molar-refractivity contribution in [3.63, 3.8) is 0 Å². The van der Waals surface area contributed by atoms with Crippen LogP contribution in [-0.4, -0.2) is 48.5 Å². The number of allylic oxidation sites excluding steroid dienone is 1. The number of nitrogens with zero attached hydrogens (tertiary/aromatic N) is 1. The van der Waals surface area contributed by atoms with Crippen LogP contribution in [-0.2, 0) is 23.9 Å². The van der Waals surface area contributed by atoms with Crippen molar-refractivity contribution in [3.05, 3.63) is 12.2 Å². The Bertz CT molecular complexity index is 663. The molecule has 0 aromatic rings. The van der Waals surface area contributed by atoms with Gasteiger partial charge in [-0.15, -0.1) is 0 Å². The van der Waals surface area contributed by atoms with Gasteiger partial charge in [0, 0.05) is 32.9 Å². The molecule has 0 rings (SSSR count). The second-order valence-corrected chi connectivity index (χ2v) is 11.6. The van der Waals surface area contributed by atoms with Crippen molar-refractivity contribution in [1.29, 1.82) is 0 Å². The maximum absolute atomic E-state index is 12.6. The van der Waals surface area contributed by atoms with E-state index >= 15 is 0 Å². The molecule has 1 amide bonds. The Balaban J connectivity index is 4.30. The van der Waals surface area contributed by atoms with Crippen LogP contribution in [0.25, 0.3) is 0 Å². The van der Waals surface area contributed by atoms with E-state index in [-0.39, 0.29) is 30.4 Å². The summed E-state index contributed by atoms with van der Waals surface area (Å²) in [4.78, 5) is 38.5. The van der Waals surface area contributed by atoms with Crippen LogP contribution in [0.4, 0.5) is 0 Å². The van der Waals surface area contributed by atoms with Crippen molar-refractivity contribution in [1.82, 2.24) is 4.90 Å². The molecule has 0 saturated carbocycles. The largest absolute Gasteiger partial charge is 0.462 e. The minimum absolute atomic E-state index is 0.0149. The number of unbranched alkanes of at least 4 members (excludes halogenated alkanes) is 13. The summed E-state index contributed by atoms with van der Waals surface area (Å²) in [6.45, 7) is 9.49. The van der Waals surface area contributed by atoms with Crippen molar-refractivity contribution in [3.8, 4) is 0 Å². The van der Waals surface area contributed by atoms with Crippen LogP contribution in [0.15, 0.2) is 12.2 Å². The molecule has 0 saturated heterocycles. The highest BCUT2D eigenvalue weighted by molar-refractivity contribution is 5.74. The molecule has 0 aliphatic heterocycles. The lowest BCUT2D eigenvalue weighted by Gasteiger charge is -2.21. The molecule has 1 unspecified atom stereocenters. The molecule has 6 nitrogen and oxygen atoms in total. The molecule has 0 spiro atoms. The van der Waals surface area contributed by atoms with E-state index in [2.05, 4.69) is 26.8 Å². The van der Waals surface area contributed by atoms with Crippen LogP contribution < -0.4 is 0 Å². The normalized spacial score (nSPS) is 12.0. The van der Waals surface area contributed by atoms with Gasteiger partial charge in [-0.25, -0.2) is 0 Å². The number of carbonyl (C=O) groups excluding carboxylic acids is 3. The Hall–Kier alpha value is -1.85. The first kappa shape index (κ1) is 39.1. The molecule has 0 aliphatic rings. The Morgan fingerprint density at radius 2 is 1.10 bits per heavy atom. The van der Waals surface area contributed by atoms with Gasteiger partial charge in [-0.3, -0.25) is 14.4 Å². The quantitative estimate of drug-likeness (QED) is 0.0501. The van der Waals surface area contributed by atoms with Gasteiger partial charge in [0.2, 0.25) is 5.91 Å². The summed E-state index contributed by atoms with van der Waals surface area (Å²) in [6, 6.07) is 0. The molecule has 0 radical (unpaired) electrons. The molecule has 0 heterocycles. The summed E-state index contributed by atoms with van der Waals surface area (Å²) in [6.07, 6.45) is 27.1. The van der Waals surface area contributed by atoms with Gasteiger partial charge in [-0.2, -0.15) is 0 Å². The number of carbonyl (C=O) groups is 3. The first-order chi connectivity index (χ1) is 19.9. The molecule has 0 aromatic heterocycles. The highest BCUT2D eigenvalue weighted by Crippen LogP contribution is 2.17. The topological polar surface area (TPSA) is 72.9 Å². The van der Waals surface area contributed by atoms with Gasteiger partial charge in [-0.1, -0.05) is 110 Å². The lowest BCUT2D eigenvalue weighted by Crippen LogP contribution is -2.31. The second-order valence-electron chi connectivity index (χ2n) is 11.6. The van der Waals surface area contributed by atoms with Crippen molar-refractivity contribution >= 4 is 17.8 Å². The van der Waals surface area contributed by atoms with Gasteiger partial charge < -0.3 is 14.4 Å². The van der Waals surface area contributed by atoms with E-state index in [1.807, 2.05) is 6.08 Å². The molecular weight excluding hydrogens is 514 g/mol. The SMILES string of the molecule is CCCCCC/C=C\COC(=O)CCCN(CCCC(=O)OC(CCCCCCC)CCCCCCCC)C(C)=O. The summed E-state index contributed by atoms with van der Waals surface area (Å²) in [5, 5.41) is 0. The van der Waals surface area contributed by atoms with Crippen molar-refractivity contribution < 1.29 is 23.9 Å². The van der Waals surface area contributed by atoms with Crippen LogP contribution in [0.2, 0.25) is 0 Å². The van der Waals surface area contributed by atoms with E-state index in [1.54, 1.807) is 4.90 Å². The van der Waals surface area contributed by atoms with Crippen LogP contribution in [0, 0.1) is 0 Å². The maximum atomic E-state index is 12.6. The minimum atomic E-state index is -0.237. The van der Waals surface area contributed by atoms with Crippen LogP contribution >= 0.6 is 0 Å². The smallest absolute Gasteiger partial charge is 0.306 e. The van der Waals surface area contributed by atoms with E-state index < -0.39 is 0 Å². The Morgan fingerprint density at radius 1 is 0.610 bits per heavy atom. The lowest BCUT2D eigenvalue weighted by molar-refractivity contribution is -0.150. The maximum Gasteiger partial charge on any atom is 0.306 e. The van der Waals surface area contributed by atoms with Gasteiger partial charge in [-0.05, 0) is 51.4 Å². The predicted octanol–water partition coefficient (Wildman–Crippen LogP) is 9.49. The zero-order valence-electron chi connectivity index (χ0n) is 27.4. The number of esters is 2. The standard InChI is InChI=1S/C35H65NO5/c1-5-8-11-14-16-19-22-31-40-34(38)27-23-29-36(32(4)37)30-24-28-35(39)41-33(25-20-17-13-10-7-3)26-21-18-15-12-9-6-2/h19,22,33H,5-18,20-21,23-31H2,1-4H3/b22-19-. The zero-order chi connectivity index (χ0) is 30.4.